The van der Waals surface area contributed by atoms with E-state index in [1.54, 1.807) is 0 Å². The maximum Gasteiger partial charge on any atom is 0.506 e. The number of hydrogen-bond donors (Lipinski definition) is 5. The molecule has 0 radical (unpaired) electrons. The first-order chi connectivity index (χ1) is 10.4. The molecule has 22 heavy (non-hydrogen) atoms. The van der Waals surface area contributed by atoms with Crippen molar-refractivity contribution in [2.75, 3.05) is 0 Å². The predicted molar refractivity (Wildman–Crippen MR) is 79.1 cm³/mol. The Morgan fingerprint density at radius 3 is 2.73 bits per heavy atom. The molecule has 6 N–H and O–H groups in total. The summed E-state index contributed by atoms with van der Waals surface area (Å²) < 4.78 is 4.73. The highest BCUT2D eigenvalue weighted by Crippen LogP contribution is 2.35. The van der Waals surface area contributed by atoms with Crippen molar-refractivity contribution in [3.8, 4) is 0 Å². The molecule has 1 fully saturated rings. The standard InChI is InChI=1S/C13H24N4O5/c1-3-4-8(17-7(2)18)11-9(15-6-16-14)5-10(12(11)19)22-13(20)21/h6,8-12,19H,3-5,14H2,1-2H3,(H,15,16)(H,17,18)(H,20,21)/t8?,9-,10-,11-,12+/m1/s1. The summed E-state index contributed by atoms with van der Waals surface area (Å²) in [6.07, 6.45) is -0.417. The van der Waals surface area contributed by atoms with Crippen molar-refractivity contribution in [3.63, 3.8) is 0 Å². The summed E-state index contributed by atoms with van der Waals surface area (Å²) in [7, 11) is 0. The number of hydrogen-bond acceptors (Lipinski definition) is 6. The summed E-state index contributed by atoms with van der Waals surface area (Å²) in [4.78, 5) is 26.3. The number of carbonyl (C=O) groups is 2. The lowest BCUT2D eigenvalue weighted by Crippen LogP contribution is -2.47. The number of ether oxygens (including phenoxy) is 1. The summed E-state index contributed by atoms with van der Waals surface area (Å²) in [6.45, 7) is 3.36. The van der Waals surface area contributed by atoms with Crippen LogP contribution in [0.15, 0.2) is 4.99 Å². The van der Waals surface area contributed by atoms with Crippen LogP contribution in [0.5, 0.6) is 0 Å². The number of nitrogens with two attached hydrogens (primary N) is 1. The van der Waals surface area contributed by atoms with Crippen molar-refractivity contribution in [2.45, 2.75) is 57.4 Å². The van der Waals surface area contributed by atoms with Crippen molar-refractivity contribution in [1.29, 1.82) is 0 Å². The Balaban J connectivity index is 2.97. The van der Waals surface area contributed by atoms with Crippen LogP contribution in [0.3, 0.4) is 0 Å². The summed E-state index contributed by atoms with van der Waals surface area (Å²) in [5.41, 5.74) is 2.28. The first-order valence-electron chi connectivity index (χ1n) is 7.23. The van der Waals surface area contributed by atoms with Gasteiger partial charge in [-0.1, -0.05) is 13.3 Å². The molecule has 1 unspecified atom stereocenters. The molecule has 0 aliphatic heterocycles. The van der Waals surface area contributed by atoms with Crippen LogP contribution in [-0.4, -0.2) is 52.9 Å². The Kier molecular flexibility index (Phi) is 7.06. The minimum Gasteiger partial charge on any atom is -0.450 e. The number of carbonyl (C=O) groups excluding carboxylic acids is 1. The number of aliphatic hydroxyl groups is 1. The molecule has 0 aromatic rings. The first-order valence-corrected chi connectivity index (χ1v) is 7.23. The van der Waals surface area contributed by atoms with E-state index in [1.165, 1.54) is 13.3 Å². The maximum absolute atomic E-state index is 11.4. The number of nitrogens with zero attached hydrogens (tertiary/aromatic N) is 1. The minimum absolute atomic E-state index is 0.215. The van der Waals surface area contributed by atoms with Gasteiger partial charge in [0, 0.05) is 25.3 Å². The molecule has 9 heteroatoms. The number of rotatable bonds is 7. The van der Waals surface area contributed by atoms with Crippen LogP contribution in [0.1, 0.15) is 33.1 Å². The molecule has 5 atom stereocenters. The van der Waals surface area contributed by atoms with E-state index < -0.39 is 30.3 Å². The summed E-state index contributed by atoms with van der Waals surface area (Å²) in [6, 6.07) is -0.724. The van der Waals surface area contributed by atoms with Crippen LogP contribution >= 0.6 is 0 Å². The van der Waals surface area contributed by atoms with Gasteiger partial charge >= 0.3 is 6.16 Å². The summed E-state index contributed by atoms with van der Waals surface area (Å²) in [5.74, 6) is 4.50. The van der Waals surface area contributed by atoms with Crippen LogP contribution in [-0.2, 0) is 9.53 Å². The zero-order chi connectivity index (χ0) is 16.7. The van der Waals surface area contributed by atoms with Crippen LogP contribution < -0.4 is 16.6 Å². The van der Waals surface area contributed by atoms with E-state index in [1.807, 2.05) is 6.92 Å². The molecule has 1 amide bonds. The minimum atomic E-state index is -1.45. The third-order valence-electron chi connectivity index (χ3n) is 3.74. The molecule has 126 valence electrons. The van der Waals surface area contributed by atoms with E-state index in [9.17, 15) is 14.7 Å². The number of amides is 1. The van der Waals surface area contributed by atoms with Gasteiger partial charge in [-0.3, -0.25) is 9.79 Å². The lowest BCUT2D eigenvalue weighted by atomic mass is 9.89. The van der Waals surface area contributed by atoms with Gasteiger partial charge in [-0.05, 0) is 6.42 Å². The fourth-order valence-electron chi connectivity index (χ4n) is 3.00. The second-order valence-electron chi connectivity index (χ2n) is 5.33. The second-order valence-corrected chi connectivity index (χ2v) is 5.33. The van der Waals surface area contributed by atoms with Crippen molar-refractivity contribution in [1.82, 2.24) is 10.7 Å². The van der Waals surface area contributed by atoms with Gasteiger partial charge in [-0.25, -0.2) is 10.6 Å². The van der Waals surface area contributed by atoms with Crippen LogP contribution in [0.4, 0.5) is 4.79 Å². The molecule has 0 aromatic carbocycles. The van der Waals surface area contributed by atoms with Gasteiger partial charge in [-0.15, -0.1) is 0 Å². The molecule has 0 saturated heterocycles. The van der Waals surface area contributed by atoms with Gasteiger partial charge in [0.05, 0.1) is 18.5 Å². The van der Waals surface area contributed by atoms with Gasteiger partial charge in [0.1, 0.15) is 6.10 Å². The second kappa shape index (κ2) is 8.54. The van der Waals surface area contributed by atoms with Gasteiger partial charge in [-0.2, -0.15) is 0 Å². The lowest BCUT2D eigenvalue weighted by molar-refractivity contribution is -0.120. The van der Waals surface area contributed by atoms with Gasteiger partial charge in [0.25, 0.3) is 0 Å². The molecule has 0 bridgehead atoms. The first kappa shape index (κ1) is 18.2. The molecule has 1 aliphatic carbocycles. The van der Waals surface area contributed by atoms with Gasteiger partial charge in [0.15, 0.2) is 0 Å². The molecular formula is C13H24N4O5. The van der Waals surface area contributed by atoms with E-state index in [4.69, 9.17) is 15.7 Å². The zero-order valence-electron chi connectivity index (χ0n) is 12.7. The largest absolute Gasteiger partial charge is 0.506 e. The fourth-order valence-corrected chi connectivity index (χ4v) is 3.00. The monoisotopic (exact) mass is 316 g/mol. The fraction of sp³-hybridized carbons (Fsp3) is 0.769. The van der Waals surface area contributed by atoms with Crippen LogP contribution in [0.25, 0.3) is 0 Å². The van der Waals surface area contributed by atoms with E-state index in [0.29, 0.717) is 6.42 Å². The van der Waals surface area contributed by atoms with Crippen molar-refractivity contribution in [3.05, 3.63) is 0 Å². The number of carboxylic acid groups (broad SMARTS) is 1. The molecule has 9 nitrogen and oxygen atoms in total. The topological polar surface area (TPSA) is 146 Å². The number of nitrogens with one attached hydrogen (secondary N) is 2. The third kappa shape index (κ3) is 4.85. The smallest absolute Gasteiger partial charge is 0.450 e. The van der Waals surface area contributed by atoms with Crippen molar-refractivity contribution >= 4 is 18.4 Å². The molecule has 1 rings (SSSR count). The normalized spacial score (nSPS) is 29.3. The van der Waals surface area contributed by atoms with Crippen molar-refractivity contribution < 1.29 is 24.5 Å². The number of hydrazine groups is 1. The molecular weight excluding hydrogens is 292 g/mol. The highest BCUT2D eigenvalue weighted by atomic mass is 16.7. The van der Waals surface area contributed by atoms with Gasteiger partial charge in [0.2, 0.25) is 5.91 Å². The highest BCUT2D eigenvalue weighted by molar-refractivity contribution is 5.73. The Labute approximate surface area is 128 Å². The van der Waals surface area contributed by atoms with E-state index in [0.717, 1.165) is 6.42 Å². The SMILES string of the molecule is CCCC(NC(C)=O)[C@H]1[C@@H](O)[C@H](OC(=O)O)C[C@H]1N=CNN. The maximum atomic E-state index is 11.4. The predicted octanol–water partition coefficient (Wildman–Crippen LogP) is -0.405. The Hall–Kier alpha value is -1.87. The Morgan fingerprint density at radius 1 is 1.55 bits per heavy atom. The van der Waals surface area contributed by atoms with Crippen molar-refractivity contribution in [2.24, 2.45) is 16.8 Å². The number of aliphatic imine (C=N–C) groups is 1. The summed E-state index contributed by atoms with van der Waals surface area (Å²) in [5, 5.41) is 22.0. The summed E-state index contributed by atoms with van der Waals surface area (Å²) >= 11 is 0. The number of aliphatic hydroxyl groups excluding tert-OH is 1. The van der Waals surface area contributed by atoms with E-state index in [-0.39, 0.29) is 18.4 Å². The van der Waals surface area contributed by atoms with Gasteiger partial charge < -0.3 is 25.7 Å². The van der Waals surface area contributed by atoms with E-state index in [2.05, 4.69) is 15.7 Å². The Morgan fingerprint density at radius 2 is 2.23 bits per heavy atom. The molecule has 1 saturated carbocycles. The van der Waals surface area contributed by atoms with Crippen LogP contribution in [0.2, 0.25) is 0 Å². The molecule has 0 heterocycles. The third-order valence-corrected chi connectivity index (χ3v) is 3.74. The molecule has 1 aliphatic rings. The zero-order valence-corrected chi connectivity index (χ0v) is 12.7. The van der Waals surface area contributed by atoms with E-state index >= 15 is 0 Å². The van der Waals surface area contributed by atoms with Crippen LogP contribution in [0, 0.1) is 5.92 Å². The highest BCUT2D eigenvalue weighted by Gasteiger charge is 2.48. The average molecular weight is 316 g/mol. The molecule has 0 aromatic heterocycles. The Bertz CT molecular complexity index is 417. The lowest BCUT2D eigenvalue weighted by Gasteiger charge is -2.29. The average Bonchev–Trinajstić information content (AvgIpc) is 2.71. The molecule has 0 spiro atoms. The quantitative estimate of drug-likeness (QED) is 0.141.